The van der Waals surface area contributed by atoms with Crippen LogP contribution in [-0.4, -0.2) is 33.7 Å². The number of nitrogens with zero attached hydrogens (tertiary/aromatic N) is 1. The van der Waals surface area contributed by atoms with Gasteiger partial charge >= 0.3 is 6.09 Å². The van der Waals surface area contributed by atoms with Gasteiger partial charge in [-0.1, -0.05) is 26.2 Å². The average Bonchev–Trinajstić information content (AvgIpc) is 3.01. The normalized spacial score (nSPS) is 24.9. The van der Waals surface area contributed by atoms with E-state index in [1.807, 2.05) is 0 Å². The molecule has 2 aliphatic rings. The predicted octanol–water partition coefficient (Wildman–Crippen LogP) is 2.89. The van der Waals surface area contributed by atoms with Gasteiger partial charge < -0.3 is 4.74 Å². The van der Waals surface area contributed by atoms with E-state index in [2.05, 4.69) is 11.6 Å². The number of hydrogen-bond donors (Lipinski definition) is 1. The highest BCUT2D eigenvalue weighted by Gasteiger charge is 2.29. The number of carbonyl (C=O) groups excluding carboxylic acids is 1. The molecule has 1 aromatic rings. The molecule has 0 bridgehead atoms. The van der Waals surface area contributed by atoms with Gasteiger partial charge in [-0.15, -0.1) is 0 Å². The summed E-state index contributed by atoms with van der Waals surface area (Å²) >= 11 is 0. The third-order valence-electron chi connectivity index (χ3n) is 4.96. The zero-order valence-electron chi connectivity index (χ0n) is 13.9. The third-order valence-corrected chi connectivity index (χ3v) is 6.47. The van der Waals surface area contributed by atoms with Crippen LogP contribution in [0.5, 0.6) is 0 Å². The fourth-order valence-corrected chi connectivity index (χ4v) is 4.89. The number of sulfonamides is 1. The fourth-order valence-electron chi connectivity index (χ4n) is 3.55. The minimum atomic E-state index is -3.54. The van der Waals surface area contributed by atoms with E-state index in [0.717, 1.165) is 25.7 Å². The van der Waals surface area contributed by atoms with E-state index < -0.39 is 16.1 Å². The average molecular weight is 352 g/mol. The Bertz CT molecular complexity index is 687. The molecule has 3 rings (SSSR count). The number of anilines is 1. The first-order chi connectivity index (χ1) is 11.5. The van der Waals surface area contributed by atoms with Gasteiger partial charge in [0.05, 0.1) is 11.4 Å². The van der Waals surface area contributed by atoms with Gasteiger partial charge in [-0.3, -0.25) is 4.90 Å². The highest BCUT2D eigenvalue weighted by atomic mass is 32.2. The Hall–Kier alpha value is -1.60. The Labute approximate surface area is 143 Å². The molecule has 0 spiro atoms. The predicted molar refractivity (Wildman–Crippen MR) is 91.5 cm³/mol. The van der Waals surface area contributed by atoms with Crippen molar-refractivity contribution in [2.24, 2.45) is 5.92 Å². The molecule has 0 radical (unpaired) electrons. The lowest BCUT2D eigenvalue weighted by Crippen LogP contribution is -2.41. The summed E-state index contributed by atoms with van der Waals surface area (Å²) in [6.45, 7) is 2.96. The molecule has 1 aromatic carbocycles. The lowest BCUT2D eigenvalue weighted by molar-refractivity contribution is 0.181. The zero-order valence-corrected chi connectivity index (χ0v) is 14.7. The van der Waals surface area contributed by atoms with Crippen molar-refractivity contribution in [3.63, 3.8) is 0 Å². The number of ether oxygens (including phenoxy) is 1. The van der Waals surface area contributed by atoms with Crippen LogP contribution in [0.4, 0.5) is 10.5 Å². The molecule has 6 nitrogen and oxygen atoms in total. The van der Waals surface area contributed by atoms with Crippen LogP contribution in [0.15, 0.2) is 29.2 Å². The summed E-state index contributed by atoms with van der Waals surface area (Å²) in [6.07, 6.45) is 4.83. The third kappa shape index (κ3) is 3.57. The quantitative estimate of drug-likeness (QED) is 0.884. The molecule has 2 atom stereocenters. The van der Waals surface area contributed by atoms with E-state index in [1.165, 1.54) is 11.3 Å². The van der Waals surface area contributed by atoms with E-state index in [9.17, 15) is 13.2 Å². The molecule has 1 heterocycles. The molecular formula is C17H24N2O4S. The first kappa shape index (κ1) is 17.2. The molecule has 2 fully saturated rings. The maximum Gasteiger partial charge on any atom is 0.414 e. The van der Waals surface area contributed by atoms with Crippen molar-refractivity contribution >= 4 is 21.8 Å². The molecule has 2 unspecified atom stereocenters. The second-order valence-electron chi connectivity index (χ2n) is 6.44. The Kier molecular flexibility index (Phi) is 5.10. The largest absolute Gasteiger partial charge is 0.447 e. The van der Waals surface area contributed by atoms with Gasteiger partial charge in [-0.25, -0.2) is 17.9 Å². The Balaban J connectivity index is 1.73. The molecule has 1 aliphatic carbocycles. The van der Waals surface area contributed by atoms with Gasteiger partial charge in [0.25, 0.3) is 0 Å². The SMILES string of the molecule is CCC1CCCCC1NS(=O)(=O)c1ccc(N2CCOC2=O)cc1. The molecule has 1 saturated heterocycles. The van der Waals surface area contributed by atoms with Crippen LogP contribution in [0.2, 0.25) is 0 Å². The van der Waals surface area contributed by atoms with Crippen molar-refractivity contribution in [2.75, 3.05) is 18.1 Å². The second kappa shape index (κ2) is 7.11. The van der Waals surface area contributed by atoms with Crippen LogP contribution in [0.3, 0.4) is 0 Å². The summed E-state index contributed by atoms with van der Waals surface area (Å²) in [6, 6.07) is 6.42. The first-order valence-electron chi connectivity index (χ1n) is 8.58. The maximum absolute atomic E-state index is 12.6. The number of rotatable bonds is 5. The van der Waals surface area contributed by atoms with Crippen LogP contribution in [0.1, 0.15) is 39.0 Å². The van der Waals surface area contributed by atoms with Crippen molar-refractivity contribution in [2.45, 2.75) is 50.0 Å². The number of hydrogen-bond acceptors (Lipinski definition) is 4. The number of carbonyl (C=O) groups is 1. The molecule has 1 aliphatic heterocycles. The topological polar surface area (TPSA) is 75.7 Å². The highest BCUT2D eigenvalue weighted by Crippen LogP contribution is 2.28. The van der Waals surface area contributed by atoms with Crippen molar-refractivity contribution < 1.29 is 17.9 Å². The Morgan fingerprint density at radius 2 is 1.92 bits per heavy atom. The highest BCUT2D eigenvalue weighted by molar-refractivity contribution is 7.89. The number of benzene rings is 1. The maximum atomic E-state index is 12.6. The van der Waals surface area contributed by atoms with E-state index in [-0.39, 0.29) is 10.9 Å². The second-order valence-corrected chi connectivity index (χ2v) is 8.15. The van der Waals surface area contributed by atoms with E-state index >= 15 is 0 Å². The summed E-state index contributed by atoms with van der Waals surface area (Å²) in [5.41, 5.74) is 0.653. The molecular weight excluding hydrogens is 328 g/mol. The summed E-state index contributed by atoms with van der Waals surface area (Å²) < 4.78 is 33.1. The van der Waals surface area contributed by atoms with Crippen LogP contribution in [0, 0.1) is 5.92 Å². The van der Waals surface area contributed by atoms with Gasteiger partial charge in [0.15, 0.2) is 0 Å². The Morgan fingerprint density at radius 3 is 2.54 bits per heavy atom. The van der Waals surface area contributed by atoms with Crippen LogP contribution in [0.25, 0.3) is 0 Å². The molecule has 24 heavy (non-hydrogen) atoms. The minimum Gasteiger partial charge on any atom is -0.447 e. The van der Waals surface area contributed by atoms with Gasteiger partial charge in [0.2, 0.25) is 10.0 Å². The summed E-state index contributed by atoms with van der Waals surface area (Å²) in [5, 5.41) is 0. The molecule has 1 saturated carbocycles. The van der Waals surface area contributed by atoms with Gasteiger partial charge in [0.1, 0.15) is 6.61 Å². The molecule has 1 amide bonds. The van der Waals surface area contributed by atoms with Crippen LogP contribution in [-0.2, 0) is 14.8 Å². The molecule has 0 aromatic heterocycles. The van der Waals surface area contributed by atoms with Crippen molar-refractivity contribution in [3.8, 4) is 0 Å². The zero-order chi connectivity index (χ0) is 17.2. The standard InChI is InChI=1S/C17H24N2O4S/c1-2-13-5-3-4-6-16(13)18-24(21,22)15-9-7-14(8-10-15)19-11-12-23-17(19)20/h7-10,13,16,18H,2-6,11-12H2,1H3. The summed E-state index contributed by atoms with van der Waals surface area (Å²) in [4.78, 5) is 13.3. The van der Waals surface area contributed by atoms with Crippen LogP contribution < -0.4 is 9.62 Å². The summed E-state index contributed by atoms with van der Waals surface area (Å²) in [7, 11) is -3.54. The summed E-state index contributed by atoms with van der Waals surface area (Å²) in [5.74, 6) is 0.409. The van der Waals surface area contributed by atoms with Crippen molar-refractivity contribution in [1.29, 1.82) is 0 Å². The molecule has 1 N–H and O–H groups in total. The van der Waals surface area contributed by atoms with E-state index in [1.54, 1.807) is 24.3 Å². The lowest BCUT2D eigenvalue weighted by atomic mass is 9.83. The van der Waals surface area contributed by atoms with Gasteiger partial charge in [-0.05, 0) is 43.0 Å². The fraction of sp³-hybridized carbons (Fsp3) is 0.588. The van der Waals surface area contributed by atoms with E-state index in [4.69, 9.17) is 4.74 Å². The molecule has 132 valence electrons. The molecule has 7 heteroatoms. The van der Waals surface area contributed by atoms with E-state index in [0.29, 0.717) is 24.8 Å². The first-order valence-corrected chi connectivity index (χ1v) is 10.1. The number of amides is 1. The monoisotopic (exact) mass is 352 g/mol. The van der Waals surface area contributed by atoms with Crippen molar-refractivity contribution in [1.82, 2.24) is 4.72 Å². The van der Waals surface area contributed by atoms with Gasteiger partial charge in [0, 0.05) is 11.7 Å². The lowest BCUT2D eigenvalue weighted by Gasteiger charge is -2.31. The van der Waals surface area contributed by atoms with Gasteiger partial charge in [-0.2, -0.15) is 0 Å². The number of cyclic esters (lactones) is 1. The van der Waals surface area contributed by atoms with Crippen LogP contribution >= 0.6 is 0 Å². The number of nitrogens with one attached hydrogen (secondary N) is 1. The smallest absolute Gasteiger partial charge is 0.414 e. The van der Waals surface area contributed by atoms with Crippen molar-refractivity contribution in [3.05, 3.63) is 24.3 Å². The Morgan fingerprint density at radius 1 is 1.21 bits per heavy atom. The minimum absolute atomic E-state index is 0.0157.